The molecule has 3 aromatic heterocycles. The van der Waals surface area contributed by atoms with Crippen molar-refractivity contribution in [3.05, 3.63) is 69.7 Å². The number of pyridine rings is 1. The van der Waals surface area contributed by atoms with Crippen LogP contribution in [0, 0.1) is 13.8 Å². The molecular weight excluding hydrogens is 448 g/mol. The average molecular weight is 471 g/mol. The smallest absolute Gasteiger partial charge is 0.259 e. The van der Waals surface area contributed by atoms with Crippen molar-refractivity contribution in [1.82, 2.24) is 20.2 Å². The van der Waals surface area contributed by atoms with Crippen LogP contribution in [-0.2, 0) is 22.3 Å². The Hall–Kier alpha value is -3.08. The lowest BCUT2D eigenvalue weighted by atomic mass is 10.1. The number of hydrogen-bond donors (Lipinski definition) is 2. The van der Waals surface area contributed by atoms with Gasteiger partial charge < -0.3 is 9.84 Å². The summed E-state index contributed by atoms with van der Waals surface area (Å²) >= 11 is 1.59. The number of benzene rings is 1. The number of carbonyl (C=O) groups excluding carboxylic acids is 1. The van der Waals surface area contributed by atoms with Crippen molar-refractivity contribution >= 4 is 38.4 Å². The second-order valence-corrected chi connectivity index (χ2v) is 10.6. The highest BCUT2D eigenvalue weighted by atomic mass is 32.2. The zero-order valence-electron chi connectivity index (χ0n) is 17.8. The van der Waals surface area contributed by atoms with Crippen LogP contribution in [0.2, 0.25) is 0 Å². The van der Waals surface area contributed by atoms with Crippen LogP contribution in [0.3, 0.4) is 0 Å². The van der Waals surface area contributed by atoms with E-state index in [0.717, 1.165) is 15.3 Å². The number of fused-ring (bicyclic) bond motifs is 1. The molecular formula is C22H22N4O4S2. The summed E-state index contributed by atoms with van der Waals surface area (Å²) in [5, 5.41) is 7.49. The molecule has 0 saturated heterocycles. The number of nitrogens with zero attached hydrogens (tertiary/aromatic N) is 2. The standard InChI is InChI=1S/C22H22N4O4S2/c1-13-4-9-19(31-13)18-10-17(20-14(2)26-30-22(20)25-18)21(27)24-11-15-5-7-16(8-6-15)12-32(28,29)23-3/h4-10,23H,11-12H2,1-3H3,(H,24,27). The molecule has 1 aromatic carbocycles. The third-order valence-corrected chi connectivity index (χ3v) is 7.36. The number of aryl methyl sites for hydroxylation is 2. The first-order valence-corrected chi connectivity index (χ1v) is 12.3. The van der Waals surface area contributed by atoms with E-state index >= 15 is 0 Å². The lowest BCUT2D eigenvalue weighted by Gasteiger charge is -2.09. The maximum Gasteiger partial charge on any atom is 0.259 e. The van der Waals surface area contributed by atoms with Crippen LogP contribution >= 0.6 is 11.3 Å². The maximum absolute atomic E-state index is 13.1. The van der Waals surface area contributed by atoms with Crippen molar-refractivity contribution < 1.29 is 17.7 Å². The van der Waals surface area contributed by atoms with Gasteiger partial charge >= 0.3 is 0 Å². The van der Waals surface area contributed by atoms with Gasteiger partial charge in [-0.1, -0.05) is 29.4 Å². The highest BCUT2D eigenvalue weighted by molar-refractivity contribution is 7.88. The van der Waals surface area contributed by atoms with Gasteiger partial charge in [-0.05, 0) is 50.2 Å². The molecule has 166 valence electrons. The molecule has 0 unspecified atom stereocenters. The third kappa shape index (κ3) is 4.72. The second kappa shape index (κ2) is 8.81. The number of aromatic nitrogens is 2. The summed E-state index contributed by atoms with van der Waals surface area (Å²) in [7, 11) is -1.95. The molecule has 0 aliphatic heterocycles. The van der Waals surface area contributed by atoms with Crippen molar-refractivity contribution in [2.45, 2.75) is 26.1 Å². The van der Waals surface area contributed by atoms with Gasteiger partial charge in [-0.15, -0.1) is 11.3 Å². The Bertz CT molecular complexity index is 1390. The summed E-state index contributed by atoms with van der Waals surface area (Å²) in [6.07, 6.45) is 0. The van der Waals surface area contributed by atoms with Crippen molar-refractivity contribution in [1.29, 1.82) is 0 Å². The largest absolute Gasteiger partial charge is 0.348 e. The number of nitrogens with one attached hydrogen (secondary N) is 2. The Morgan fingerprint density at radius 2 is 1.81 bits per heavy atom. The normalized spacial score (nSPS) is 11.7. The highest BCUT2D eigenvalue weighted by Crippen LogP contribution is 2.31. The van der Waals surface area contributed by atoms with Gasteiger partial charge in [0.1, 0.15) is 0 Å². The molecule has 0 atom stereocenters. The van der Waals surface area contributed by atoms with E-state index in [2.05, 4.69) is 20.2 Å². The van der Waals surface area contributed by atoms with Crippen LogP contribution in [0.1, 0.15) is 32.1 Å². The second-order valence-electron chi connectivity index (χ2n) is 7.38. The maximum atomic E-state index is 13.1. The van der Waals surface area contributed by atoms with Gasteiger partial charge in [0.25, 0.3) is 11.6 Å². The molecule has 10 heteroatoms. The van der Waals surface area contributed by atoms with Crippen molar-refractivity contribution in [3.8, 4) is 10.6 Å². The molecule has 32 heavy (non-hydrogen) atoms. The molecule has 0 saturated carbocycles. The minimum atomic E-state index is -3.33. The van der Waals surface area contributed by atoms with Gasteiger partial charge in [0, 0.05) is 11.4 Å². The van der Waals surface area contributed by atoms with E-state index in [1.807, 2.05) is 19.1 Å². The molecule has 0 fully saturated rings. The van der Waals surface area contributed by atoms with E-state index in [1.54, 1.807) is 48.6 Å². The Balaban J connectivity index is 1.55. The number of thiophene rings is 1. The van der Waals surface area contributed by atoms with Crippen LogP contribution in [0.4, 0.5) is 0 Å². The van der Waals surface area contributed by atoms with Crippen molar-refractivity contribution in [2.24, 2.45) is 0 Å². The summed E-state index contributed by atoms with van der Waals surface area (Å²) in [4.78, 5) is 19.7. The average Bonchev–Trinajstić information content (AvgIpc) is 3.38. The first kappa shape index (κ1) is 22.1. The molecule has 8 nitrogen and oxygen atoms in total. The Morgan fingerprint density at radius 1 is 1.09 bits per heavy atom. The zero-order chi connectivity index (χ0) is 22.9. The molecule has 0 spiro atoms. The summed E-state index contributed by atoms with van der Waals surface area (Å²) in [6.45, 7) is 4.08. The summed E-state index contributed by atoms with van der Waals surface area (Å²) in [5.74, 6) is -0.358. The van der Waals surface area contributed by atoms with Crippen LogP contribution in [-0.4, -0.2) is 31.5 Å². The molecule has 4 rings (SSSR count). The quantitative estimate of drug-likeness (QED) is 0.427. The zero-order valence-corrected chi connectivity index (χ0v) is 19.4. The number of amides is 1. The van der Waals surface area contributed by atoms with Gasteiger partial charge in [0.15, 0.2) is 0 Å². The Morgan fingerprint density at radius 3 is 2.47 bits per heavy atom. The Kier molecular flexibility index (Phi) is 6.09. The summed E-state index contributed by atoms with van der Waals surface area (Å²) in [5.41, 5.74) is 3.55. The fourth-order valence-corrected chi connectivity index (χ4v) is 4.90. The first-order valence-electron chi connectivity index (χ1n) is 9.87. The summed E-state index contributed by atoms with van der Waals surface area (Å²) in [6, 6.07) is 12.8. The van der Waals surface area contributed by atoms with E-state index in [1.165, 1.54) is 7.05 Å². The number of carbonyl (C=O) groups is 1. The molecule has 1 amide bonds. The van der Waals surface area contributed by atoms with Gasteiger partial charge in [-0.2, -0.15) is 0 Å². The van der Waals surface area contributed by atoms with Gasteiger partial charge in [0.05, 0.1) is 33.0 Å². The van der Waals surface area contributed by atoms with Gasteiger partial charge in [0.2, 0.25) is 10.0 Å². The van der Waals surface area contributed by atoms with Crippen LogP contribution < -0.4 is 10.0 Å². The van der Waals surface area contributed by atoms with Crippen molar-refractivity contribution in [2.75, 3.05) is 7.05 Å². The number of sulfonamides is 1. The van der Waals surface area contributed by atoms with E-state index in [0.29, 0.717) is 40.2 Å². The lowest BCUT2D eigenvalue weighted by Crippen LogP contribution is -2.23. The van der Waals surface area contributed by atoms with Crippen LogP contribution in [0.25, 0.3) is 21.7 Å². The fraction of sp³-hybridized carbons (Fsp3) is 0.227. The van der Waals surface area contributed by atoms with Crippen LogP contribution in [0.5, 0.6) is 0 Å². The van der Waals surface area contributed by atoms with E-state index in [-0.39, 0.29) is 11.7 Å². The minimum absolute atomic E-state index is 0.0944. The third-order valence-electron chi connectivity index (χ3n) is 5.00. The SMILES string of the molecule is CNS(=O)(=O)Cc1ccc(CNC(=O)c2cc(-c3ccc(C)s3)nc3onc(C)c23)cc1. The van der Waals surface area contributed by atoms with Gasteiger partial charge in [-0.3, -0.25) is 4.79 Å². The summed E-state index contributed by atoms with van der Waals surface area (Å²) < 4.78 is 31.0. The predicted molar refractivity (Wildman–Crippen MR) is 124 cm³/mol. The Labute approximate surface area is 189 Å². The fourth-order valence-electron chi connectivity index (χ4n) is 3.29. The molecule has 0 bridgehead atoms. The monoisotopic (exact) mass is 470 g/mol. The lowest BCUT2D eigenvalue weighted by molar-refractivity contribution is 0.0952. The van der Waals surface area contributed by atoms with E-state index in [4.69, 9.17) is 4.52 Å². The number of rotatable bonds is 7. The highest BCUT2D eigenvalue weighted by Gasteiger charge is 2.20. The van der Waals surface area contributed by atoms with Gasteiger partial charge in [-0.25, -0.2) is 18.1 Å². The van der Waals surface area contributed by atoms with Crippen molar-refractivity contribution in [3.63, 3.8) is 0 Å². The molecule has 0 aliphatic rings. The molecule has 4 aromatic rings. The molecule has 0 radical (unpaired) electrons. The molecule has 2 N–H and O–H groups in total. The first-order chi connectivity index (χ1) is 15.3. The predicted octanol–water partition coefficient (Wildman–Crippen LogP) is 3.55. The molecule has 3 heterocycles. The van der Waals surface area contributed by atoms with E-state index in [9.17, 15) is 13.2 Å². The van der Waals surface area contributed by atoms with Crippen LogP contribution in [0.15, 0.2) is 47.0 Å². The van der Waals surface area contributed by atoms with E-state index < -0.39 is 10.0 Å². The topological polar surface area (TPSA) is 114 Å². The molecule has 0 aliphatic carbocycles. The minimum Gasteiger partial charge on any atom is -0.348 e. The number of hydrogen-bond acceptors (Lipinski definition) is 7.